The zero-order valence-electron chi connectivity index (χ0n) is 11.7. The van der Waals surface area contributed by atoms with Gasteiger partial charge < -0.3 is 10.4 Å². The molecule has 0 heterocycles. The van der Waals surface area contributed by atoms with Crippen molar-refractivity contribution in [1.29, 1.82) is 0 Å². The van der Waals surface area contributed by atoms with Crippen LogP contribution in [-0.2, 0) is 16.0 Å². The standard InChI is InChI=1S/C15H21NO3/c1-4-13(15(18)19)14(17)16-8-7-12-9-10(2)5-6-11(12)3/h5-6,9,13H,4,7-8H2,1-3H3,(H,16,17)(H,18,19). The first-order valence-electron chi connectivity index (χ1n) is 6.52. The summed E-state index contributed by atoms with van der Waals surface area (Å²) in [6.45, 7) is 6.22. The molecule has 0 aromatic heterocycles. The number of carboxylic acids is 1. The first kappa shape index (κ1) is 15.2. The number of aliphatic carboxylic acids is 1. The molecule has 0 aliphatic rings. The lowest BCUT2D eigenvalue weighted by Crippen LogP contribution is -2.36. The summed E-state index contributed by atoms with van der Waals surface area (Å²) >= 11 is 0. The summed E-state index contributed by atoms with van der Waals surface area (Å²) in [6.07, 6.45) is 1.03. The van der Waals surface area contributed by atoms with Crippen LogP contribution in [0.1, 0.15) is 30.0 Å². The fraction of sp³-hybridized carbons (Fsp3) is 0.467. The lowest BCUT2D eigenvalue weighted by Gasteiger charge is -2.12. The number of amides is 1. The molecule has 0 aliphatic heterocycles. The second-order valence-electron chi connectivity index (χ2n) is 4.77. The molecule has 0 fully saturated rings. The van der Waals surface area contributed by atoms with Gasteiger partial charge in [0.2, 0.25) is 5.91 Å². The zero-order valence-corrected chi connectivity index (χ0v) is 11.7. The lowest BCUT2D eigenvalue weighted by atomic mass is 10.0. The number of hydrogen-bond donors (Lipinski definition) is 2. The average Bonchev–Trinajstić information content (AvgIpc) is 2.34. The fourth-order valence-electron chi connectivity index (χ4n) is 1.99. The molecule has 0 saturated carbocycles. The van der Waals surface area contributed by atoms with Crippen LogP contribution >= 0.6 is 0 Å². The predicted molar refractivity (Wildman–Crippen MR) is 74.0 cm³/mol. The van der Waals surface area contributed by atoms with Crippen molar-refractivity contribution in [2.75, 3.05) is 6.54 Å². The summed E-state index contributed by atoms with van der Waals surface area (Å²) in [7, 11) is 0. The van der Waals surface area contributed by atoms with Gasteiger partial charge >= 0.3 is 5.97 Å². The van der Waals surface area contributed by atoms with Gasteiger partial charge in [-0.3, -0.25) is 9.59 Å². The van der Waals surface area contributed by atoms with Crippen LogP contribution < -0.4 is 5.32 Å². The Morgan fingerprint density at radius 2 is 2.00 bits per heavy atom. The number of carbonyl (C=O) groups is 2. The molecule has 1 rings (SSSR count). The molecular weight excluding hydrogens is 242 g/mol. The van der Waals surface area contributed by atoms with E-state index in [1.54, 1.807) is 6.92 Å². The Morgan fingerprint density at radius 1 is 1.32 bits per heavy atom. The third-order valence-electron chi connectivity index (χ3n) is 3.22. The van der Waals surface area contributed by atoms with Crippen molar-refractivity contribution in [1.82, 2.24) is 5.32 Å². The van der Waals surface area contributed by atoms with Gasteiger partial charge in [0.1, 0.15) is 5.92 Å². The van der Waals surface area contributed by atoms with E-state index in [1.807, 2.05) is 13.8 Å². The van der Waals surface area contributed by atoms with E-state index in [4.69, 9.17) is 5.11 Å². The number of hydrogen-bond acceptors (Lipinski definition) is 2. The minimum atomic E-state index is -1.06. The van der Waals surface area contributed by atoms with E-state index in [-0.39, 0.29) is 0 Å². The van der Waals surface area contributed by atoms with Crippen LogP contribution in [-0.4, -0.2) is 23.5 Å². The van der Waals surface area contributed by atoms with Crippen molar-refractivity contribution >= 4 is 11.9 Å². The summed E-state index contributed by atoms with van der Waals surface area (Å²) in [5.41, 5.74) is 3.55. The van der Waals surface area contributed by atoms with Crippen LogP contribution in [0.15, 0.2) is 18.2 Å². The van der Waals surface area contributed by atoms with E-state index < -0.39 is 17.8 Å². The quantitative estimate of drug-likeness (QED) is 0.772. The Hall–Kier alpha value is -1.84. The maximum Gasteiger partial charge on any atom is 0.316 e. The minimum Gasteiger partial charge on any atom is -0.481 e. The molecule has 1 unspecified atom stereocenters. The van der Waals surface area contributed by atoms with E-state index in [9.17, 15) is 9.59 Å². The number of carbonyl (C=O) groups excluding carboxylic acids is 1. The van der Waals surface area contributed by atoms with Gasteiger partial charge in [0.05, 0.1) is 0 Å². The molecule has 0 radical (unpaired) electrons. The molecule has 1 aromatic rings. The van der Waals surface area contributed by atoms with Gasteiger partial charge in [-0.15, -0.1) is 0 Å². The third kappa shape index (κ3) is 4.39. The molecule has 1 atom stereocenters. The van der Waals surface area contributed by atoms with Crippen molar-refractivity contribution in [3.05, 3.63) is 34.9 Å². The van der Waals surface area contributed by atoms with Crippen molar-refractivity contribution in [3.63, 3.8) is 0 Å². The maximum absolute atomic E-state index is 11.7. The van der Waals surface area contributed by atoms with E-state index in [0.29, 0.717) is 13.0 Å². The second-order valence-corrected chi connectivity index (χ2v) is 4.77. The van der Waals surface area contributed by atoms with Crippen LogP contribution in [0.4, 0.5) is 0 Å². The molecule has 2 N–H and O–H groups in total. The van der Waals surface area contributed by atoms with Gasteiger partial charge in [0.25, 0.3) is 0 Å². The second kappa shape index (κ2) is 6.92. The van der Waals surface area contributed by atoms with Crippen molar-refractivity contribution in [3.8, 4) is 0 Å². The molecule has 4 nitrogen and oxygen atoms in total. The summed E-state index contributed by atoms with van der Waals surface area (Å²) in [4.78, 5) is 22.5. The Bertz CT molecular complexity index is 468. The third-order valence-corrected chi connectivity index (χ3v) is 3.22. The van der Waals surface area contributed by atoms with Crippen molar-refractivity contribution < 1.29 is 14.7 Å². The molecule has 0 saturated heterocycles. The first-order valence-corrected chi connectivity index (χ1v) is 6.52. The highest BCUT2D eigenvalue weighted by molar-refractivity contribution is 5.96. The summed E-state index contributed by atoms with van der Waals surface area (Å²) in [6, 6.07) is 6.20. The lowest BCUT2D eigenvalue weighted by molar-refractivity contribution is -0.147. The normalized spacial score (nSPS) is 11.9. The van der Waals surface area contributed by atoms with Crippen molar-refractivity contribution in [2.45, 2.75) is 33.6 Å². The maximum atomic E-state index is 11.7. The van der Waals surface area contributed by atoms with Gasteiger partial charge in [0, 0.05) is 6.54 Å². The van der Waals surface area contributed by atoms with Crippen LogP contribution in [0.5, 0.6) is 0 Å². The highest BCUT2D eigenvalue weighted by Gasteiger charge is 2.23. The molecule has 0 bridgehead atoms. The largest absolute Gasteiger partial charge is 0.481 e. The predicted octanol–water partition coefficient (Wildman–Crippen LogP) is 2.07. The van der Waals surface area contributed by atoms with Gasteiger partial charge in [-0.2, -0.15) is 0 Å². The zero-order chi connectivity index (χ0) is 14.4. The monoisotopic (exact) mass is 263 g/mol. The topological polar surface area (TPSA) is 66.4 Å². The van der Waals surface area contributed by atoms with E-state index in [0.717, 1.165) is 6.42 Å². The van der Waals surface area contributed by atoms with Gasteiger partial charge in [-0.1, -0.05) is 30.7 Å². The molecule has 4 heteroatoms. The summed E-state index contributed by atoms with van der Waals surface area (Å²) in [5, 5.41) is 11.6. The van der Waals surface area contributed by atoms with Crippen molar-refractivity contribution in [2.24, 2.45) is 5.92 Å². The molecular formula is C15H21NO3. The average molecular weight is 263 g/mol. The summed E-state index contributed by atoms with van der Waals surface area (Å²) in [5.74, 6) is -2.41. The number of nitrogens with one attached hydrogen (secondary N) is 1. The highest BCUT2D eigenvalue weighted by Crippen LogP contribution is 2.11. The van der Waals surface area contributed by atoms with E-state index in [2.05, 4.69) is 23.5 Å². The van der Waals surface area contributed by atoms with Gasteiger partial charge in [-0.25, -0.2) is 0 Å². The Kier molecular flexibility index (Phi) is 5.55. The van der Waals surface area contributed by atoms with E-state index >= 15 is 0 Å². The Balaban J connectivity index is 2.52. The molecule has 19 heavy (non-hydrogen) atoms. The molecule has 0 spiro atoms. The number of carboxylic acid groups (broad SMARTS) is 1. The van der Waals surface area contributed by atoms with Crippen LogP contribution in [0.2, 0.25) is 0 Å². The number of aryl methyl sites for hydroxylation is 2. The van der Waals surface area contributed by atoms with Crippen LogP contribution in [0, 0.1) is 19.8 Å². The molecule has 0 aliphatic carbocycles. The van der Waals surface area contributed by atoms with Gasteiger partial charge in [0.15, 0.2) is 0 Å². The minimum absolute atomic E-state index is 0.310. The van der Waals surface area contributed by atoms with Crippen LogP contribution in [0.3, 0.4) is 0 Å². The smallest absolute Gasteiger partial charge is 0.316 e. The summed E-state index contributed by atoms with van der Waals surface area (Å²) < 4.78 is 0. The fourth-order valence-corrected chi connectivity index (χ4v) is 1.99. The Labute approximate surface area is 113 Å². The van der Waals surface area contributed by atoms with Gasteiger partial charge in [-0.05, 0) is 37.8 Å². The molecule has 1 aromatic carbocycles. The van der Waals surface area contributed by atoms with Crippen LogP contribution in [0.25, 0.3) is 0 Å². The SMILES string of the molecule is CCC(C(=O)O)C(=O)NCCc1cc(C)ccc1C. The molecule has 1 amide bonds. The highest BCUT2D eigenvalue weighted by atomic mass is 16.4. The van der Waals surface area contributed by atoms with E-state index in [1.165, 1.54) is 16.7 Å². The number of rotatable bonds is 6. The first-order chi connectivity index (χ1) is 8.95. The Morgan fingerprint density at radius 3 is 2.58 bits per heavy atom. The number of benzene rings is 1. The molecule has 104 valence electrons.